The number of hydrogen-bond donors (Lipinski definition) is 1. The summed E-state index contributed by atoms with van der Waals surface area (Å²) >= 11 is 1.22. The molecule has 8 aromatic rings. The molecule has 0 atom stereocenters. The molecule has 0 saturated heterocycles. The summed E-state index contributed by atoms with van der Waals surface area (Å²) in [6.45, 7) is 11.3. The summed E-state index contributed by atoms with van der Waals surface area (Å²) in [5, 5.41) is 16.7. The van der Waals surface area contributed by atoms with E-state index in [0.717, 1.165) is 41.9 Å². The van der Waals surface area contributed by atoms with Gasteiger partial charge in [-0.1, -0.05) is 177 Å². The Morgan fingerprint density at radius 1 is 0.641 bits per heavy atom. The first-order chi connectivity index (χ1) is 30.2. The molecule has 6 aromatic carbocycles. The second kappa shape index (κ2) is 21.8. The largest absolute Gasteiger partial charge is 0.506 e. The van der Waals surface area contributed by atoms with Gasteiger partial charge in [-0.15, -0.1) is 11.3 Å². The van der Waals surface area contributed by atoms with Crippen LogP contribution in [-0.4, -0.2) is 17.1 Å². The zero-order valence-corrected chi connectivity index (χ0v) is 39.6. The number of thiophene rings is 1. The van der Waals surface area contributed by atoms with Crippen LogP contribution < -0.4 is 26.8 Å². The van der Waals surface area contributed by atoms with Crippen molar-refractivity contribution in [1.82, 2.24) is 0 Å². The van der Waals surface area contributed by atoms with E-state index in [2.05, 4.69) is 13.2 Å². The van der Waals surface area contributed by atoms with Gasteiger partial charge in [0, 0.05) is 96.7 Å². The van der Waals surface area contributed by atoms with E-state index in [4.69, 9.17) is 4.42 Å². The van der Waals surface area contributed by atoms with Gasteiger partial charge < -0.3 is 18.7 Å². The summed E-state index contributed by atoms with van der Waals surface area (Å²) in [7, 11) is -5.58. The number of aromatic hydroxyl groups is 1. The molecule has 6 nitrogen and oxygen atoms in total. The maximum atomic E-state index is 13.8. The van der Waals surface area contributed by atoms with E-state index in [0.29, 0.717) is 10.1 Å². The minimum atomic E-state index is -5.30. The molecule has 0 bridgehead atoms. The van der Waals surface area contributed by atoms with Crippen LogP contribution in [0.3, 0.4) is 0 Å². The third kappa shape index (κ3) is 10.1. The summed E-state index contributed by atoms with van der Waals surface area (Å²) < 4.78 is 71.6. The van der Waals surface area contributed by atoms with Crippen LogP contribution in [0.15, 0.2) is 215 Å². The van der Waals surface area contributed by atoms with Gasteiger partial charge in [-0.2, -0.15) is 13.2 Å². The van der Waals surface area contributed by atoms with Crippen LogP contribution in [0.25, 0.3) is 31.1 Å². The quantitative estimate of drug-likeness (QED) is 0.0669. The molecule has 0 saturated carbocycles. The Labute approximate surface area is 413 Å². The van der Waals surface area contributed by atoms with Crippen molar-refractivity contribution in [3.63, 3.8) is 0 Å². The van der Waals surface area contributed by atoms with Gasteiger partial charge in [-0.3, -0.25) is 4.79 Å². The van der Waals surface area contributed by atoms with Crippen molar-refractivity contribution >= 4 is 83.8 Å². The zero-order valence-electron chi connectivity index (χ0n) is 34.5. The van der Waals surface area contributed by atoms with E-state index in [1.54, 1.807) is 24.3 Å². The first-order valence-electron chi connectivity index (χ1n) is 19.5. The SMILES string of the molecule is C=C/C(=C\C)P(=O)(/C(C=C)=C/C)c1ccccc1.O=C(c1c(O)c2c(ccc3c4ccccc4sc32)oc1=O)C(F)(F)F.O=P(c1ccccc1)(c1ccccc1)c1ccccc1.[Eu]. The van der Waals surface area contributed by atoms with Crippen LogP contribution >= 0.6 is 25.6 Å². The smallest absolute Gasteiger partial charge is 0.455 e. The number of allylic oxidation sites excluding steroid dienone is 6. The number of carbonyl (C=O) groups is 1. The van der Waals surface area contributed by atoms with Gasteiger partial charge in [-0.05, 0) is 32.0 Å². The minimum Gasteiger partial charge on any atom is -0.506 e. The van der Waals surface area contributed by atoms with Crippen molar-refractivity contribution in [3.05, 3.63) is 222 Å². The van der Waals surface area contributed by atoms with Crippen LogP contribution in [0, 0.1) is 49.4 Å². The second-order valence-corrected chi connectivity index (χ2v) is 20.3. The molecule has 325 valence electrons. The molecule has 0 aliphatic heterocycles. The first-order valence-corrected chi connectivity index (χ1v) is 23.7. The van der Waals surface area contributed by atoms with E-state index >= 15 is 0 Å². The zero-order chi connectivity index (χ0) is 45.4. The number of fused-ring (bicyclic) bond motifs is 5. The number of rotatable bonds is 9. The fourth-order valence-corrected chi connectivity index (χ4v) is 13.7. The molecule has 1 N–H and O–H groups in total. The van der Waals surface area contributed by atoms with Gasteiger partial charge >= 0.3 is 11.8 Å². The maximum absolute atomic E-state index is 13.8. The summed E-state index contributed by atoms with van der Waals surface area (Å²) in [5.41, 5.74) is -3.00. The number of ketones is 1. The molecule has 0 fully saturated rings. The molecular weight excluding hydrogens is 1010 g/mol. The molecule has 2 heterocycles. The summed E-state index contributed by atoms with van der Waals surface area (Å²) in [6.07, 6.45) is 1.75. The Kier molecular flexibility index (Phi) is 17.0. The number of benzene rings is 6. The molecule has 0 aliphatic carbocycles. The van der Waals surface area contributed by atoms with Crippen molar-refractivity contribution in [2.24, 2.45) is 0 Å². The average molecular weight is 1050 g/mol. The Morgan fingerprint density at radius 2 is 1.06 bits per heavy atom. The number of carbonyl (C=O) groups excluding carboxylic acids is 1. The van der Waals surface area contributed by atoms with Gasteiger partial charge in [0.2, 0.25) is 0 Å². The van der Waals surface area contributed by atoms with Crippen LogP contribution in [0.5, 0.6) is 5.75 Å². The van der Waals surface area contributed by atoms with E-state index in [-0.39, 0.29) is 60.3 Å². The van der Waals surface area contributed by atoms with E-state index in [1.807, 2.05) is 166 Å². The molecule has 2 aromatic heterocycles. The van der Waals surface area contributed by atoms with Gasteiger partial charge in [0.05, 0.1) is 10.1 Å². The monoisotopic (exact) mass is 1050 g/mol. The van der Waals surface area contributed by atoms with Gasteiger partial charge in [0.1, 0.15) is 11.3 Å². The number of alkyl halides is 3. The van der Waals surface area contributed by atoms with Crippen LogP contribution in [0.1, 0.15) is 24.2 Å². The van der Waals surface area contributed by atoms with Crippen molar-refractivity contribution in [3.8, 4) is 5.75 Å². The predicted molar refractivity (Wildman–Crippen MR) is 255 cm³/mol. The minimum absolute atomic E-state index is 0. The first kappa shape index (κ1) is 50.0. The third-order valence-electron chi connectivity index (χ3n) is 10.1. The Hall–Kier alpha value is -4.99. The number of hydrogen-bond acceptors (Lipinski definition) is 7. The molecule has 0 aliphatic rings. The molecular formula is C51H41EuF3O6P2S. The Bertz CT molecular complexity index is 3030. The molecule has 0 amide bonds. The van der Waals surface area contributed by atoms with E-state index in [1.165, 1.54) is 17.4 Å². The number of halogens is 3. The molecule has 0 unspecified atom stereocenters. The Morgan fingerprint density at radius 3 is 1.48 bits per heavy atom. The molecule has 13 heteroatoms. The Balaban J connectivity index is 0.000000182. The van der Waals surface area contributed by atoms with Crippen LogP contribution in [0.4, 0.5) is 13.2 Å². The molecule has 8 rings (SSSR count). The van der Waals surface area contributed by atoms with Crippen LogP contribution in [-0.2, 0) is 9.13 Å². The van der Waals surface area contributed by atoms with E-state index < -0.39 is 43.2 Å². The fraction of sp³-hybridized carbons (Fsp3) is 0.0588. The van der Waals surface area contributed by atoms with Gasteiger partial charge in [-0.25, -0.2) is 4.79 Å². The normalized spacial score (nSPS) is 12.8. The fourth-order valence-electron chi connectivity index (χ4n) is 7.10. The van der Waals surface area contributed by atoms with Crippen LogP contribution in [0.2, 0.25) is 0 Å². The average Bonchev–Trinajstić information content (AvgIpc) is 3.69. The third-order valence-corrected chi connectivity index (χ3v) is 17.7. The molecule has 1 radical (unpaired) electrons. The summed E-state index contributed by atoms with van der Waals surface area (Å²) in [4.78, 5) is 23.3. The molecule has 0 spiro atoms. The van der Waals surface area contributed by atoms with Crippen molar-refractivity contribution in [2.45, 2.75) is 20.0 Å². The number of Topliss-reactive ketones (excluding diaryl/α,β-unsaturated/α-hetero) is 1. The second-order valence-electron chi connectivity index (χ2n) is 13.7. The van der Waals surface area contributed by atoms with E-state index in [9.17, 15) is 37.0 Å². The molecule has 64 heavy (non-hydrogen) atoms. The topological polar surface area (TPSA) is 102 Å². The van der Waals surface area contributed by atoms with Crippen molar-refractivity contribution in [1.29, 1.82) is 0 Å². The van der Waals surface area contributed by atoms with Gasteiger partial charge in [0.25, 0.3) is 5.78 Å². The van der Waals surface area contributed by atoms with Crippen molar-refractivity contribution in [2.75, 3.05) is 0 Å². The maximum Gasteiger partial charge on any atom is 0.455 e. The summed E-state index contributed by atoms with van der Waals surface area (Å²) in [6, 6.07) is 48.9. The van der Waals surface area contributed by atoms with Crippen molar-refractivity contribution < 1.29 is 86.0 Å². The summed E-state index contributed by atoms with van der Waals surface area (Å²) in [5.74, 6) is -3.44. The predicted octanol–water partition coefficient (Wildman–Crippen LogP) is 12.8. The standard InChI is InChI=1S/C18H15OP.C17H7F3O4S.C16H19OP.Eu/c19-20(16-10-4-1-5-11-16,17-12-6-2-7-13-17)18-14-8-3-9-15-18;18-17(19,20)15(22)12-13(21)11-9(24-16(12)23)6-5-8-7-3-1-2-4-10(7)25-14(8)11;1-5-14(6-2)18(17,15(7-3)8-4)16-12-10-9-11-13-16;/h1-15H;1-6,21H;5-13H,1,3H2,2,4H3;/b;;14-6+,15-8+;. The van der Waals surface area contributed by atoms with Gasteiger partial charge in [0.15, 0.2) is 19.8 Å².